The fraction of sp³-hybridized carbons (Fsp3) is 0.458. The lowest BCUT2D eigenvalue weighted by atomic mass is 10.1. The summed E-state index contributed by atoms with van der Waals surface area (Å²) in [4.78, 5) is 19.1. The van der Waals surface area contributed by atoms with E-state index in [-0.39, 0.29) is 5.91 Å². The molecule has 6 nitrogen and oxygen atoms in total. The van der Waals surface area contributed by atoms with Crippen LogP contribution in [0.1, 0.15) is 51.8 Å². The Morgan fingerprint density at radius 1 is 1.27 bits per heavy atom. The number of pyridine rings is 1. The molecule has 0 aliphatic carbocycles. The molecular weight excluding hydrogens is 374 g/mol. The van der Waals surface area contributed by atoms with Crippen molar-refractivity contribution in [2.75, 3.05) is 16.9 Å². The Balaban J connectivity index is 1.76. The van der Waals surface area contributed by atoms with Crippen LogP contribution in [0, 0.1) is 12.8 Å². The van der Waals surface area contributed by atoms with Gasteiger partial charge in [-0.15, -0.1) is 0 Å². The Hall–Kier alpha value is -2.89. The number of anilines is 3. The van der Waals surface area contributed by atoms with E-state index in [1.54, 1.807) is 6.92 Å². The quantitative estimate of drug-likeness (QED) is 0.374. The van der Waals surface area contributed by atoms with Gasteiger partial charge in [-0.3, -0.25) is 15.2 Å². The molecule has 0 saturated heterocycles. The topological polar surface area (TPSA) is 69.6 Å². The Kier molecular flexibility index (Phi) is 7.08. The van der Waals surface area contributed by atoms with Crippen LogP contribution in [0.15, 0.2) is 41.6 Å². The van der Waals surface area contributed by atoms with Gasteiger partial charge in [0.1, 0.15) is 11.4 Å². The third-order valence-corrected chi connectivity index (χ3v) is 5.49. The maximum absolute atomic E-state index is 12.3. The summed E-state index contributed by atoms with van der Waals surface area (Å²) in [6.45, 7) is 10.9. The number of benzene rings is 1. The van der Waals surface area contributed by atoms with Crippen LogP contribution in [-0.2, 0) is 11.2 Å². The first-order chi connectivity index (χ1) is 14.4. The fourth-order valence-electron chi connectivity index (χ4n) is 3.86. The molecule has 1 aromatic heterocycles. The van der Waals surface area contributed by atoms with Crippen LogP contribution in [-0.4, -0.2) is 29.2 Å². The number of hydrogen-bond acceptors (Lipinski definition) is 5. The Labute approximate surface area is 179 Å². The van der Waals surface area contributed by atoms with Crippen molar-refractivity contribution in [3.05, 3.63) is 47.8 Å². The molecule has 2 N–H and O–H groups in total. The second-order valence-electron chi connectivity index (χ2n) is 8.44. The summed E-state index contributed by atoms with van der Waals surface area (Å²) >= 11 is 0. The van der Waals surface area contributed by atoms with Crippen LogP contribution in [0.4, 0.5) is 17.1 Å². The van der Waals surface area contributed by atoms with Gasteiger partial charge in [-0.2, -0.15) is 5.10 Å². The number of carbonyl (C=O) groups excluding carboxylic acids is 1. The molecule has 1 aliphatic heterocycles. The largest absolute Gasteiger partial charge is 0.351 e. The zero-order valence-corrected chi connectivity index (χ0v) is 18.7. The van der Waals surface area contributed by atoms with E-state index in [1.165, 1.54) is 11.3 Å². The van der Waals surface area contributed by atoms with Crippen molar-refractivity contribution in [1.29, 1.82) is 0 Å². The van der Waals surface area contributed by atoms with Crippen LogP contribution < -0.4 is 15.6 Å². The van der Waals surface area contributed by atoms with Crippen LogP contribution in [0.3, 0.4) is 0 Å². The summed E-state index contributed by atoms with van der Waals surface area (Å²) in [6, 6.07) is 10.8. The second kappa shape index (κ2) is 9.74. The predicted octanol–water partition coefficient (Wildman–Crippen LogP) is 4.81. The first kappa shape index (κ1) is 21.8. The summed E-state index contributed by atoms with van der Waals surface area (Å²) in [5.74, 6) is 0.498. The summed E-state index contributed by atoms with van der Waals surface area (Å²) < 4.78 is 0. The van der Waals surface area contributed by atoms with E-state index in [0.29, 0.717) is 24.2 Å². The van der Waals surface area contributed by atoms with Crippen molar-refractivity contribution >= 4 is 28.7 Å². The van der Waals surface area contributed by atoms with E-state index in [9.17, 15) is 4.79 Å². The number of rotatable bonds is 8. The van der Waals surface area contributed by atoms with Gasteiger partial charge >= 0.3 is 0 Å². The molecule has 0 radical (unpaired) electrons. The molecule has 2 heterocycles. The van der Waals surface area contributed by atoms with Crippen molar-refractivity contribution in [2.45, 2.75) is 59.9 Å². The van der Waals surface area contributed by atoms with Crippen LogP contribution >= 0.6 is 0 Å². The number of nitrogens with one attached hydrogen (secondary N) is 2. The average molecular weight is 408 g/mol. The van der Waals surface area contributed by atoms with Crippen molar-refractivity contribution in [1.82, 2.24) is 10.3 Å². The number of fused-ring (bicyclic) bond motifs is 1. The number of amides is 1. The fourth-order valence-corrected chi connectivity index (χ4v) is 3.86. The molecule has 6 heteroatoms. The highest BCUT2D eigenvalue weighted by Gasteiger charge is 2.29. The Morgan fingerprint density at radius 2 is 2.03 bits per heavy atom. The zero-order valence-electron chi connectivity index (χ0n) is 18.7. The van der Waals surface area contributed by atoms with Gasteiger partial charge < -0.3 is 10.2 Å². The van der Waals surface area contributed by atoms with Gasteiger partial charge in [-0.1, -0.05) is 32.0 Å². The van der Waals surface area contributed by atoms with E-state index in [0.717, 1.165) is 36.3 Å². The van der Waals surface area contributed by atoms with E-state index in [2.05, 4.69) is 70.8 Å². The van der Waals surface area contributed by atoms with E-state index < -0.39 is 0 Å². The number of nitrogens with zero attached hydrogens (tertiary/aromatic N) is 3. The molecule has 0 bridgehead atoms. The summed E-state index contributed by atoms with van der Waals surface area (Å²) in [7, 11) is 0. The van der Waals surface area contributed by atoms with Gasteiger partial charge in [0.2, 0.25) is 0 Å². The molecule has 1 atom stereocenters. The van der Waals surface area contributed by atoms with E-state index in [1.807, 2.05) is 19.2 Å². The second-order valence-corrected chi connectivity index (χ2v) is 8.44. The number of hydrazone groups is 1. The molecule has 3 rings (SSSR count). The minimum absolute atomic E-state index is 0.144. The summed E-state index contributed by atoms with van der Waals surface area (Å²) in [5, 5.41) is 7.31. The average Bonchev–Trinajstić information content (AvgIpc) is 3.05. The van der Waals surface area contributed by atoms with Gasteiger partial charge in [0.25, 0.3) is 5.91 Å². The van der Waals surface area contributed by atoms with Crippen LogP contribution in [0.25, 0.3) is 0 Å². The maximum Gasteiger partial charge on any atom is 0.267 e. The van der Waals surface area contributed by atoms with Gasteiger partial charge in [-0.05, 0) is 63.6 Å². The van der Waals surface area contributed by atoms with Crippen LogP contribution in [0.5, 0.6) is 0 Å². The standard InChI is InChI=1S/C24H33N5O/c1-16(2)9-8-13-26-24(30)19(5)27-28-23-18(4)25-14-12-22(23)29-17(3)15-20-10-6-7-11-21(20)29/h6-7,10-12,14,16-17,28H,8-9,13,15H2,1-5H3,(H,26,30)/b27-19+. The number of hydrogen-bond donors (Lipinski definition) is 2. The molecule has 1 unspecified atom stereocenters. The lowest BCUT2D eigenvalue weighted by molar-refractivity contribution is -0.114. The van der Waals surface area contributed by atoms with Gasteiger partial charge in [-0.25, -0.2) is 0 Å². The predicted molar refractivity (Wildman–Crippen MR) is 125 cm³/mol. The minimum Gasteiger partial charge on any atom is -0.351 e. The molecule has 0 saturated carbocycles. The third kappa shape index (κ3) is 4.99. The van der Waals surface area contributed by atoms with Crippen molar-refractivity contribution in [3.8, 4) is 0 Å². The third-order valence-electron chi connectivity index (χ3n) is 5.49. The Bertz CT molecular complexity index is 922. The van der Waals surface area contributed by atoms with Crippen molar-refractivity contribution < 1.29 is 4.79 Å². The van der Waals surface area contributed by atoms with Crippen molar-refractivity contribution in [3.63, 3.8) is 0 Å². The highest BCUT2D eigenvalue weighted by atomic mass is 16.1. The molecule has 1 aliphatic rings. The smallest absolute Gasteiger partial charge is 0.267 e. The molecule has 160 valence electrons. The summed E-state index contributed by atoms with van der Waals surface area (Å²) in [6.07, 6.45) is 4.89. The first-order valence-electron chi connectivity index (χ1n) is 10.8. The minimum atomic E-state index is -0.144. The SMILES string of the molecule is C/C(=N\Nc1c(N2c3ccccc3CC2C)ccnc1C)C(=O)NCCCC(C)C. The zero-order chi connectivity index (χ0) is 21.7. The lowest BCUT2D eigenvalue weighted by Crippen LogP contribution is -2.31. The molecule has 1 amide bonds. The monoisotopic (exact) mass is 407 g/mol. The molecule has 0 fully saturated rings. The molecular formula is C24H33N5O. The summed E-state index contributed by atoms with van der Waals surface area (Å²) in [5.41, 5.74) is 8.77. The first-order valence-corrected chi connectivity index (χ1v) is 10.8. The maximum atomic E-state index is 12.3. The lowest BCUT2D eigenvalue weighted by Gasteiger charge is -2.27. The highest BCUT2D eigenvalue weighted by molar-refractivity contribution is 6.38. The highest BCUT2D eigenvalue weighted by Crippen LogP contribution is 2.41. The number of para-hydroxylation sites is 1. The van der Waals surface area contributed by atoms with Gasteiger partial charge in [0.15, 0.2) is 0 Å². The number of carbonyl (C=O) groups is 1. The van der Waals surface area contributed by atoms with E-state index >= 15 is 0 Å². The number of aromatic nitrogens is 1. The molecule has 1 aromatic carbocycles. The van der Waals surface area contributed by atoms with E-state index in [4.69, 9.17) is 0 Å². The molecule has 2 aromatic rings. The van der Waals surface area contributed by atoms with Gasteiger partial charge in [0, 0.05) is 24.5 Å². The van der Waals surface area contributed by atoms with Crippen LogP contribution in [0.2, 0.25) is 0 Å². The van der Waals surface area contributed by atoms with Gasteiger partial charge in [0.05, 0.1) is 11.4 Å². The molecule has 30 heavy (non-hydrogen) atoms. The Morgan fingerprint density at radius 3 is 2.80 bits per heavy atom. The number of aryl methyl sites for hydroxylation is 1. The molecule has 0 spiro atoms. The normalized spacial score (nSPS) is 16.0. The van der Waals surface area contributed by atoms with Crippen molar-refractivity contribution in [2.24, 2.45) is 11.0 Å².